The number of hydrogen-bond acceptors (Lipinski definition) is 2. The molecule has 2 fully saturated rings. The molecule has 2 nitrogen and oxygen atoms in total. The maximum atomic E-state index is 9.46. The fourth-order valence-electron chi connectivity index (χ4n) is 3.48. The van der Waals surface area contributed by atoms with Crippen LogP contribution < -0.4 is 0 Å². The van der Waals surface area contributed by atoms with E-state index < -0.39 is 0 Å². The summed E-state index contributed by atoms with van der Waals surface area (Å²) in [6, 6.07) is 2.62. The van der Waals surface area contributed by atoms with E-state index in [1.54, 1.807) is 0 Å². The third kappa shape index (κ3) is 2.25. The van der Waals surface area contributed by atoms with Crippen molar-refractivity contribution in [3.8, 4) is 6.07 Å². The van der Waals surface area contributed by atoms with Crippen molar-refractivity contribution in [2.24, 2.45) is 17.3 Å². The first kappa shape index (κ1) is 11.9. The van der Waals surface area contributed by atoms with Gasteiger partial charge >= 0.3 is 0 Å². The zero-order valence-electron chi connectivity index (χ0n) is 10.8. The van der Waals surface area contributed by atoms with Crippen LogP contribution in [0.3, 0.4) is 0 Å². The first-order chi connectivity index (χ1) is 7.45. The Morgan fingerprint density at radius 3 is 2.56 bits per heavy atom. The summed E-state index contributed by atoms with van der Waals surface area (Å²) in [6.07, 6.45) is 5.98. The maximum absolute atomic E-state index is 9.46. The lowest BCUT2D eigenvalue weighted by molar-refractivity contribution is -0.0186. The van der Waals surface area contributed by atoms with Crippen LogP contribution in [0.15, 0.2) is 0 Å². The molecule has 2 aliphatic carbocycles. The second kappa shape index (κ2) is 4.04. The highest BCUT2D eigenvalue weighted by Gasteiger charge is 2.51. The number of ether oxygens (including phenoxy) is 1. The quantitative estimate of drug-likeness (QED) is 0.730. The number of hydrogen-bond donors (Lipinski definition) is 0. The summed E-state index contributed by atoms with van der Waals surface area (Å²) in [5.41, 5.74) is -0.123. The molecule has 0 spiro atoms. The second-order valence-corrected chi connectivity index (χ2v) is 6.56. The second-order valence-electron chi connectivity index (χ2n) is 6.56. The van der Waals surface area contributed by atoms with Crippen LogP contribution in [0.25, 0.3) is 0 Å². The van der Waals surface area contributed by atoms with Crippen LogP contribution in [-0.4, -0.2) is 12.2 Å². The third-order valence-electron chi connectivity index (χ3n) is 4.28. The fourth-order valence-corrected chi connectivity index (χ4v) is 3.48. The molecule has 2 rings (SSSR count). The monoisotopic (exact) mass is 221 g/mol. The van der Waals surface area contributed by atoms with Crippen LogP contribution in [-0.2, 0) is 4.74 Å². The van der Waals surface area contributed by atoms with Gasteiger partial charge in [-0.25, -0.2) is 0 Å². The van der Waals surface area contributed by atoms with Gasteiger partial charge in [0.15, 0.2) is 0 Å². The van der Waals surface area contributed by atoms with Gasteiger partial charge in [0.2, 0.25) is 0 Å². The molecule has 2 heteroatoms. The molecule has 2 bridgehead atoms. The van der Waals surface area contributed by atoms with Gasteiger partial charge in [-0.2, -0.15) is 5.26 Å². The molecule has 16 heavy (non-hydrogen) atoms. The predicted molar refractivity (Wildman–Crippen MR) is 63.8 cm³/mol. The molecule has 3 unspecified atom stereocenters. The smallest absolute Gasteiger partial charge is 0.0693 e. The van der Waals surface area contributed by atoms with E-state index in [0.29, 0.717) is 5.92 Å². The van der Waals surface area contributed by atoms with Crippen LogP contribution >= 0.6 is 0 Å². The van der Waals surface area contributed by atoms with Crippen molar-refractivity contribution >= 4 is 0 Å². The molecule has 0 amide bonds. The van der Waals surface area contributed by atoms with E-state index in [2.05, 4.69) is 26.8 Å². The van der Waals surface area contributed by atoms with Gasteiger partial charge in [0.05, 0.1) is 17.1 Å². The number of fused-ring (bicyclic) bond motifs is 2. The SMILES string of the molecule is CC(C)(C)OCCC1(C#N)CC2CCC1C2. The first-order valence-electron chi connectivity index (χ1n) is 6.50. The molecule has 0 aromatic rings. The van der Waals surface area contributed by atoms with Crippen molar-refractivity contribution in [3.05, 3.63) is 0 Å². The highest BCUT2D eigenvalue weighted by molar-refractivity contribution is 5.11. The minimum Gasteiger partial charge on any atom is -0.376 e. The molecule has 3 atom stereocenters. The lowest BCUT2D eigenvalue weighted by atomic mass is 9.72. The van der Waals surface area contributed by atoms with Crippen molar-refractivity contribution in [3.63, 3.8) is 0 Å². The van der Waals surface area contributed by atoms with E-state index in [-0.39, 0.29) is 11.0 Å². The van der Waals surface area contributed by atoms with E-state index in [1.807, 2.05) is 0 Å². The normalized spacial score (nSPS) is 37.6. The molecular formula is C14H23NO. The molecule has 0 radical (unpaired) electrons. The van der Waals surface area contributed by atoms with Crippen LogP contribution in [0.4, 0.5) is 0 Å². The summed E-state index contributed by atoms with van der Waals surface area (Å²) >= 11 is 0. The lowest BCUT2D eigenvalue weighted by Gasteiger charge is -2.32. The van der Waals surface area contributed by atoms with Gasteiger partial charge in [0.25, 0.3) is 0 Å². The van der Waals surface area contributed by atoms with Gasteiger partial charge < -0.3 is 4.74 Å². The Bertz CT molecular complexity index is 299. The molecule has 0 aromatic heterocycles. The first-order valence-corrected chi connectivity index (χ1v) is 6.50. The van der Waals surface area contributed by atoms with E-state index in [0.717, 1.165) is 25.4 Å². The highest BCUT2D eigenvalue weighted by Crippen LogP contribution is 2.57. The highest BCUT2D eigenvalue weighted by atomic mass is 16.5. The van der Waals surface area contributed by atoms with Crippen molar-refractivity contribution in [1.29, 1.82) is 5.26 Å². The number of nitriles is 1. The standard InChI is InChI=1S/C14H23NO/c1-13(2,3)16-7-6-14(10-15)9-11-4-5-12(14)8-11/h11-12H,4-9H2,1-3H3. The Morgan fingerprint density at radius 2 is 2.12 bits per heavy atom. The maximum Gasteiger partial charge on any atom is 0.0693 e. The largest absolute Gasteiger partial charge is 0.376 e. The summed E-state index contributed by atoms with van der Waals surface area (Å²) in [5.74, 6) is 1.49. The Labute approximate surface area is 99.0 Å². The van der Waals surface area contributed by atoms with Gasteiger partial charge in [-0.3, -0.25) is 0 Å². The zero-order chi connectivity index (χ0) is 11.8. The van der Waals surface area contributed by atoms with Gasteiger partial charge in [-0.15, -0.1) is 0 Å². The van der Waals surface area contributed by atoms with Crippen LogP contribution in [0, 0.1) is 28.6 Å². The molecule has 0 aliphatic heterocycles. The Morgan fingerprint density at radius 1 is 1.38 bits per heavy atom. The minimum absolute atomic E-state index is 0.0475. The minimum atomic E-state index is -0.0751. The number of nitrogens with zero attached hydrogens (tertiary/aromatic N) is 1. The molecule has 90 valence electrons. The molecular weight excluding hydrogens is 198 g/mol. The average molecular weight is 221 g/mol. The van der Waals surface area contributed by atoms with E-state index in [9.17, 15) is 5.26 Å². The van der Waals surface area contributed by atoms with Gasteiger partial charge in [-0.05, 0) is 58.3 Å². The van der Waals surface area contributed by atoms with Crippen LogP contribution in [0.5, 0.6) is 0 Å². The molecule has 2 saturated carbocycles. The topological polar surface area (TPSA) is 33.0 Å². The zero-order valence-corrected chi connectivity index (χ0v) is 10.8. The summed E-state index contributed by atoms with van der Waals surface area (Å²) in [5, 5.41) is 9.46. The van der Waals surface area contributed by atoms with Crippen molar-refractivity contribution in [2.75, 3.05) is 6.61 Å². The summed E-state index contributed by atoms with van der Waals surface area (Å²) in [7, 11) is 0. The Kier molecular flexibility index (Phi) is 3.01. The van der Waals surface area contributed by atoms with Crippen molar-refractivity contribution < 1.29 is 4.74 Å². The van der Waals surface area contributed by atoms with Crippen LogP contribution in [0.1, 0.15) is 52.9 Å². The number of rotatable bonds is 3. The fraction of sp³-hybridized carbons (Fsp3) is 0.929. The molecule has 0 aromatic carbocycles. The predicted octanol–water partition coefficient (Wildman–Crippen LogP) is 3.52. The molecule has 0 heterocycles. The van der Waals surface area contributed by atoms with Gasteiger partial charge in [0.1, 0.15) is 0 Å². The molecule has 0 N–H and O–H groups in total. The summed E-state index contributed by atoms with van der Waals surface area (Å²) in [6.45, 7) is 6.97. The van der Waals surface area contributed by atoms with Gasteiger partial charge in [-0.1, -0.05) is 6.42 Å². The van der Waals surface area contributed by atoms with E-state index >= 15 is 0 Å². The van der Waals surface area contributed by atoms with E-state index in [1.165, 1.54) is 19.3 Å². The summed E-state index contributed by atoms with van der Waals surface area (Å²) in [4.78, 5) is 0. The van der Waals surface area contributed by atoms with Crippen molar-refractivity contribution in [2.45, 2.75) is 58.5 Å². The van der Waals surface area contributed by atoms with Gasteiger partial charge in [0, 0.05) is 6.61 Å². The average Bonchev–Trinajstić information content (AvgIpc) is 2.75. The Balaban J connectivity index is 1.90. The van der Waals surface area contributed by atoms with Crippen molar-refractivity contribution in [1.82, 2.24) is 0 Å². The molecule has 2 aliphatic rings. The lowest BCUT2D eigenvalue weighted by Crippen LogP contribution is -2.30. The van der Waals surface area contributed by atoms with Crippen LogP contribution in [0.2, 0.25) is 0 Å². The van der Waals surface area contributed by atoms with E-state index in [4.69, 9.17) is 4.74 Å². The summed E-state index contributed by atoms with van der Waals surface area (Å²) < 4.78 is 5.77. The third-order valence-corrected chi connectivity index (χ3v) is 4.28. The molecule has 0 saturated heterocycles. The Hall–Kier alpha value is -0.550.